The van der Waals surface area contributed by atoms with Crippen LogP contribution < -0.4 is 5.32 Å². The van der Waals surface area contributed by atoms with Crippen LogP contribution in [-0.4, -0.2) is 32.2 Å². The van der Waals surface area contributed by atoms with E-state index in [2.05, 4.69) is 9.50 Å². The number of alkyl halides is 3. The maximum Gasteiger partial charge on any atom is 0.534 e. The highest BCUT2D eigenvalue weighted by atomic mass is 32.2. The fourth-order valence-electron chi connectivity index (χ4n) is 4.14. The zero-order valence-electron chi connectivity index (χ0n) is 14.7. The molecule has 1 saturated heterocycles. The van der Waals surface area contributed by atoms with E-state index in [1.165, 1.54) is 6.08 Å². The highest BCUT2D eigenvalue weighted by molar-refractivity contribution is 7.87. The van der Waals surface area contributed by atoms with E-state index in [0.29, 0.717) is 18.6 Å². The van der Waals surface area contributed by atoms with Crippen LogP contribution in [-0.2, 0) is 25.5 Å². The van der Waals surface area contributed by atoms with Gasteiger partial charge < -0.3 is 14.2 Å². The maximum atomic E-state index is 12.5. The number of amides is 1. The minimum absolute atomic E-state index is 0.0737. The summed E-state index contributed by atoms with van der Waals surface area (Å²) in [5.41, 5.74) is -3.09. The summed E-state index contributed by atoms with van der Waals surface area (Å²) in [6.07, 6.45) is 3.91. The van der Waals surface area contributed by atoms with Crippen LogP contribution in [0.4, 0.5) is 18.0 Å². The van der Waals surface area contributed by atoms with Crippen molar-refractivity contribution in [2.24, 2.45) is 0 Å². The molecule has 0 aromatic heterocycles. The average molecular weight is 417 g/mol. The summed E-state index contributed by atoms with van der Waals surface area (Å²) < 4.78 is 69.1. The number of nitrogens with one attached hydrogen (secondary N) is 1. The fourth-order valence-corrected chi connectivity index (χ4v) is 4.65. The first-order valence-corrected chi connectivity index (χ1v) is 10.3. The van der Waals surface area contributed by atoms with Gasteiger partial charge in [-0.1, -0.05) is 18.2 Å². The van der Waals surface area contributed by atoms with Gasteiger partial charge in [0.15, 0.2) is 0 Å². The third kappa shape index (κ3) is 3.45. The normalized spacial score (nSPS) is 27.2. The van der Waals surface area contributed by atoms with E-state index < -0.39 is 21.7 Å². The molecule has 1 heterocycles. The van der Waals surface area contributed by atoms with Gasteiger partial charge in [-0.25, -0.2) is 4.79 Å². The van der Waals surface area contributed by atoms with E-state index in [1.807, 2.05) is 12.1 Å². The molecule has 2 aliphatic carbocycles. The number of aryl methyl sites for hydroxylation is 1. The van der Waals surface area contributed by atoms with Gasteiger partial charge in [-0.15, -0.1) is 0 Å². The van der Waals surface area contributed by atoms with E-state index in [0.717, 1.165) is 30.4 Å². The number of benzene rings is 1. The summed E-state index contributed by atoms with van der Waals surface area (Å²) in [7, 11) is -5.65. The van der Waals surface area contributed by atoms with Crippen LogP contribution in [0.15, 0.2) is 24.0 Å². The highest BCUT2D eigenvalue weighted by Crippen LogP contribution is 2.43. The molecule has 4 rings (SSSR count). The van der Waals surface area contributed by atoms with Crippen molar-refractivity contribution in [3.05, 3.63) is 40.6 Å². The van der Waals surface area contributed by atoms with E-state index in [4.69, 9.17) is 4.74 Å². The largest absolute Gasteiger partial charge is 0.534 e. The fraction of sp³-hybridized carbons (Fsp3) is 0.500. The quantitative estimate of drug-likeness (QED) is 0.601. The van der Waals surface area contributed by atoms with Crippen molar-refractivity contribution >= 4 is 22.3 Å². The molecule has 1 unspecified atom stereocenters. The molecule has 1 spiro atoms. The van der Waals surface area contributed by atoms with Crippen LogP contribution in [0.3, 0.4) is 0 Å². The Hall–Kier alpha value is -2.23. The lowest BCUT2D eigenvalue weighted by atomic mass is 9.88. The van der Waals surface area contributed by atoms with Crippen LogP contribution in [0, 0.1) is 0 Å². The number of carbonyl (C=O) groups is 1. The second-order valence-electron chi connectivity index (χ2n) is 7.47. The molecule has 6 nitrogen and oxygen atoms in total. The van der Waals surface area contributed by atoms with Gasteiger partial charge in [0, 0.05) is 6.42 Å². The molecule has 0 bridgehead atoms. The van der Waals surface area contributed by atoms with Gasteiger partial charge in [-0.05, 0) is 54.4 Å². The number of cyclic esters (lactones) is 1. The first-order chi connectivity index (χ1) is 13.1. The standard InChI is InChI=1S/C18H18F3NO5S/c19-18(20,21)28(24,25)27-15-4-3-11-7-12(1-2-13(11)8-15)14-5-6-17(9-14)10-26-16(23)22-17/h1-2,7-8,14H,3-6,9-10H2,(H,22,23)/t14-,17?/m0/s1. The van der Waals surface area contributed by atoms with Crippen LogP contribution >= 0.6 is 0 Å². The van der Waals surface area contributed by atoms with Gasteiger partial charge in [-0.2, -0.15) is 21.6 Å². The number of hydrogen-bond donors (Lipinski definition) is 1. The van der Waals surface area contributed by atoms with Crippen LogP contribution in [0.5, 0.6) is 0 Å². The number of hydrogen-bond acceptors (Lipinski definition) is 5. The lowest BCUT2D eigenvalue weighted by Crippen LogP contribution is -2.40. The number of rotatable bonds is 3. The Bertz CT molecular complexity index is 956. The third-order valence-electron chi connectivity index (χ3n) is 5.55. The summed E-state index contributed by atoms with van der Waals surface area (Å²) in [5.74, 6) is 0.0303. The number of allylic oxidation sites excluding steroid dienone is 1. The first-order valence-electron chi connectivity index (χ1n) is 8.86. The Morgan fingerprint density at radius 3 is 2.71 bits per heavy atom. The predicted molar refractivity (Wildman–Crippen MR) is 92.6 cm³/mol. The molecule has 28 heavy (non-hydrogen) atoms. The molecule has 1 N–H and O–H groups in total. The Kier molecular flexibility index (Phi) is 4.36. The third-order valence-corrected chi connectivity index (χ3v) is 6.55. The molecular weight excluding hydrogens is 399 g/mol. The number of ether oxygens (including phenoxy) is 1. The van der Waals surface area contributed by atoms with Gasteiger partial charge in [0.1, 0.15) is 12.4 Å². The molecule has 3 aliphatic rings. The second-order valence-corrected chi connectivity index (χ2v) is 9.01. The number of halogens is 3. The van der Waals surface area contributed by atoms with E-state index in [9.17, 15) is 26.4 Å². The SMILES string of the molecule is O=C1NC2(CC[C@H](c3ccc4c(c3)CCC(OS(=O)(=O)C(F)(F)F)=C4)C2)CO1. The summed E-state index contributed by atoms with van der Waals surface area (Å²) in [6, 6.07) is 5.65. The summed E-state index contributed by atoms with van der Waals surface area (Å²) in [5, 5.41) is 2.89. The minimum Gasteiger partial charge on any atom is -0.447 e. The molecule has 2 atom stereocenters. The maximum absolute atomic E-state index is 12.5. The number of alkyl carbamates (subject to hydrolysis) is 1. The molecule has 2 fully saturated rings. The zero-order valence-corrected chi connectivity index (χ0v) is 15.5. The monoisotopic (exact) mass is 417 g/mol. The number of carbonyl (C=O) groups excluding carboxylic acids is 1. The molecule has 0 radical (unpaired) electrons. The van der Waals surface area contributed by atoms with Crippen molar-refractivity contribution in [2.45, 2.75) is 49.1 Å². The van der Waals surface area contributed by atoms with Gasteiger partial charge in [0.05, 0.1) is 5.54 Å². The highest BCUT2D eigenvalue weighted by Gasteiger charge is 2.49. The van der Waals surface area contributed by atoms with Crippen LogP contribution in [0.1, 0.15) is 48.3 Å². The van der Waals surface area contributed by atoms with E-state index in [1.54, 1.807) is 6.07 Å². The Morgan fingerprint density at radius 2 is 2.04 bits per heavy atom. The molecule has 1 aliphatic heterocycles. The molecule has 152 valence electrons. The molecule has 1 saturated carbocycles. The first kappa shape index (κ1) is 19.1. The smallest absolute Gasteiger partial charge is 0.447 e. The summed E-state index contributed by atoms with van der Waals surface area (Å²) in [6.45, 7) is 0.365. The van der Waals surface area contributed by atoms with Crippen LogP contribution in [0.2, 0.25) is 0 Å². The molecular formula is C18H18F3NO5S. The van der Waals surface area contributed by atoms with Crippen molar-refractivity contribution in [2.75, 3.05) is 6.61 Å². The van der Waals surface area contributed by atoms with Gasteiger partial charge in [0.25, 0.3) is 0 Å². The lowest BCUT2D eigenvalue weighted by molar-refractivity contribution is -0.0522. The summed E-state index contributed by atoms with van der Waals surface area (Å²) in [4.78, 5) is 11.4. The molecule has 10 heteroatoms. The van der Waals surface area contributed by atoms with E-state index in [-0.39, 0.29) is 23.6 Å². The van der Waals surface area contributed by atoms with Crippen LogP contribution in [0.25, 0.3) is 6.08 Å². The van der Waals surface area contributed by atoms with Crippen molar-refractivity contribution in [3.8, 4) is 0 Å². The lowest BCUT2D eigenvalue weighted by Gasteiger charge is -2.22. The zero-order chi connectivity index (χ0) is 20.2. The Labute approximate surface area is 159 Å². The van der Waals surface area contributed by atoms with Gasteiger partial charge in [0.2, 0.25) is 0 Å². The minimum atomic E-state index is -5.65. The van der Waals surface area contributed by atoms with E-state index >= 15 is 0 Å². The Morgan fingerprint density at radius 1 is 1.25 bits per heavy atom. The summed E-state index contributed by atoms with van der Waals surface area (Å²) >= 11 is 0. The topological polar surface area (TPSA) is 81.7 Å². The van der Waals surface area contributed by atoms with Crippen molar-refractivity contribution in [1.82, 2.24) is 5.32 Å². The van der Waals surface area contributed by atoms with Crippen molar-refractivity contribution < 1.29 is 35.3 Å². The second kappa shape index (κ2) is 6.40. The average Bonchev–Trinajstić information content (AvgIpc) is 3.19. The van der Waals surface area contributed by atoms with Gasteiger partial charge in [-0.3, -0.25) is 0 Å². The van der Waals surface area contributed by atoms with Gasteiger partial charge >= 0.3 is 21.7 Å². The molecule has 1 aromatic rings. The number of fused-ring (bicyclic) bond motifs is 1. The van der Waals surface area contributed by atoms with Crippen molar-refractivity contribution in [1.29, 1.82) is 0 Å². The molecule has 1 amide bonds. The Balaban J connectivity index is 1.50. The molecule has 1 aromatic carbocycles. The predicted octanol–water partition coefficient (Wildman–Crippen LogP) is 3.59. The van der Waals surface area contributed by atoms with Crippen molar-refractivity contribution in [3.63, 3.8) is 0 Å².